The number of nitrogens with two attached hydrogens (primary N) is 1. The molecule has 0 aromatic heterocycles. The van der Waals surface area contributed by atoms with Crippen LogP contribution >= 0.6 is 0 Å². The molecule has 0 aliphatic heterocycles. The normalized spacial score (nSPS) is 18.4. The first-order chi connectivity index (χ1) is 9.20. The first-order valence-electron chi connectivity index (χ1n) is 6.76. The number of hydrazine groups is 1. The van der Waals surface area contributed by atoms with Gasteiger partial charge in [-0.05, 0) is 25.8 Å². The van der Waals surface area contributed by atoms with E-state index in [1.807, 2.05) is 13.0 Å². The number of aliphatic imine (C=N–C) groups is 1. The van der Waals surface area contributed by atoms with Gasteiger partial charge in [-0.1, -0.05) is 31.0 Å². The van der Waals surface area contributed by atoms with Crippen LogP contribution < -0.4 is 16.6 Å². The van der Waals surface area contributed by atoms with E-state index >= 15 is 0 Å². The fourth-order valence-corrected chi connectivity index (χ4v) is 2.44. The predicted molar refractivity (Wildman–Crippen MR) is 75.0 cm³/mol. The van der Waals surface area contributed by atoms with E-state index in [1.165, 1.54) is 18.9 Å². The topological polar surface area (TPSA) is 62.4 Å². The van der Waals surface area contributed by atoms with Crippen molar-refractivity contribution in [2.24, 2.45) is 10.8 Å². The first-order valence-corrected chi connectivity index (χ1v) is 6.76. The molecule has 0 radical (unpaired) electrons. The van der Waals surface area contributed by atoms with Crippen LogP contribution in [0.4, 0.5) is 4.39 Å². The molecule has 1 aromatic carbocycles. The van der Waals surface area contributed by atoms with E-state index in [-0.39, 0.29) is 11.9 Å². The molecule has 4 N–H and O–H groups in total. The second-order valence-corrected chi connectivity index (χ2v) is 4.95. The third kappa shape index (κ3) is 3.67. The van der Waals surface area contributed by atoms with Gasteiger partial charge in [0, 0.05) is 5.56 Å². The molecule has 1 unspecified atom stereocenters. The lowest BCUT2D eigenvalue weighted by Crippen LogP contribution is -2.43. The highest BCUT2D eigenvalue weighted by molar-refractivity contribution is 5.79. The highest BCUT2D eigenvalue weighted by atomic mass is 19.1. The van der Waals surface area contributed by atoms with Gasteiger partial charge in [-0.2, -0.15) is 0 Å². The number of benzene rings is 1. The molecule has 1 aliphatic rings. The molecule has 0 amide bonds. The Kier molecular flexibility index (Phi) is 4.74. The number of nitrogens with zero attached hydrogens (tertiary/aromatic N) is 1. The molecule has 4 nitrogen and oxygen atoms in total. The third-order valence-electron chi connectivity index (χ3n) is 3.50. The predicted octanol–water partition coefficient (Wildman–Crippen LogP) is 2.24. The molecule has 1 saturated carbocycles. The summed E-state index contributed by atoms with van der Waals surface area (Å²) < 4.78 is 13.7. The van der Waals surface area contributed by atoms with E-state index in [2.05, 4.69) is 15.7 Å². The number of hydrogen-bond acceptors (Lipinski definition) is 2. The highest BCUT2D eigenvalue weighted by Gasteiger charge is 2.16. The number of guanidine groups is 1. The van der Waals surface area contributed by atoms with Crippen LogP contribution in [-0.4, -0.2) is 12.0 Å². The maximum Gasteiger partial charge on any atom is 0.206 e. The fourth-order valence-electron chi connectivity index (χ4n) is 2.44. The largest absolute Gasteiger partial charge is 0.349 e. The SMILES string of the molecule is CC(NC(=NC1CCCC1)NN)c1ccccc1F. The summed E-state index contributed by atoms with van der Waals surface area (Å²) in [6.07, 6.45) is 4.63. The van der Waals surface area contributed by atoms with Gasteiger partial charge in [0.25, 0.3) is 0 Å². The average Bonchev–Trinajstić information content (AvgIpc) is 2.91. The van der Waals surface area contributed by atoms with Crippen molar-refractivity contribution >= 4 is 5.96 Å². The number of nitrogens with one attached hydrogen (secondary N) is 2. The lowest BCUT2D eigenvalue weighted by molar-refractivity contribution is 0.572. The first kappa shape index (κ1) is 13.8. The molecule has 1 fully saturated rings. The van der Waals surface area contributed by atoms with E-state index < -0.39 is 0 Å². The van der Waals surface area contributed by atoms with Crippen molar-refractivity contribution in [3.05, 3.63) is 35.6 Å². The standard InChI is InChI=1S/C14H21FN4/c1-10(12-8-4-5-9-13(12)15)17-14(19-16)18-11-6-2-3-7-11/h4-5,8-11H,2-3,6-7,16H2,1H3,(H2,17,18,19). The molecule has 5 heteroatoms. The van der Waals surface area contributed by atoms with Crippen LogP contribution in [0.25, 0.3) is 0 Å². The van der Waals surface area contributed by atoms with Crippen molar-refractivity contribution in [3.8, 4) is 0 Å². The molecule has 0 heterocycles. The van der Waals surface area contributed by atoms with Crippen LogP contribution in [0.1, 0.15) is 44.2 Å². The zero-order chi connectivity index (χ0) is 13.7. The van der Waals surface area contributed by atoms with Crippen molar-refractivity contribution < 1.29 is 4.39 Å². The molecule has 1 aliphatic carbocycles. The van der Waals surface area contributed by atoms with Crippen LogP contribution in [0.5, 0.6) is 0 Å². The van der Waals surface area contributed by atoms with Gasteiger partial charge in [-0.15, -0.1) is 0 Å². The smallest absolute Gasteiger partial charge is 0.206 e. The van der Waals surface area contributed by atoms with Crippen LogP contribution in [0, 0.1) is 5.82 Å². The van der Waals surface area contributed by atoms with E-state index in [4.69, 9.17) is 5.84 Å². The molecule has 19 heavy (non-hydrogen) atoms. The Labute approximate surface area is 113 Å². The minimum absolute atomic E-state index is 0.183. The van der Waals surface area contributed by atoms with Crippen LogP contribution in [0.2, 0.25) is 0 Å². The van der Waals surface area contributed by atoms with Crippen molar-refractivity contribution in [1.29, 1.82) is 0 Å². The molecule has 104 valence electrons. The average molecular weight is 264 g/mol. The molecular formula is C14H21FN4. The maximum absolute atomic E-state index is 13.7. The number of hydrogen-bond donors (Lipinski definition) is 3. The second kappa shape index (κ2) is 6.52. The van der Waals surface area contributed by atoms with E-state index in [0.29, 0.717) is 17.6 Å². The maximum atomic E-state index is 13.7. The summed E-state index contributed by atoms with van der Waals surface area (Å²) in [4.78, 5) is 4.54. The Morgan fingerprint density at radius 3 is 2.68 bits per heavy atom. The summed E-state index contributed by atoms with van der Waals surface area (Å²) in [5.74, 6) is 5.79. The van der Waals surface area contributed by atoms with Crippen molar-refractivity contribution in [3.63, 3.8) is 0 Å². The van der Waals surface area contributed by atoms with Gasteiger partial charge in [-0.3, -0.25) is 5.43 Å². The summed E-state index contributed by atoms with van der Waals surface area (Å²) in [5, 5.41) is 3.12. The Bertz CT molecular complexity index is 441. The Hall–Kier alpha value is -1.62. The van der Waals surface area contributed by atoms with Gasteiger partial charge < -0.3 is 5.32 Å². The molecule has 1 atom stereocenters. The Morgan fingerprint density at radius 2 is 2.05 bits per heavy atom. The molecule has 0 saturated heterocycles. The third-order valence-corrected chi connectivity index (χ3v) is 3.50. The fraction of sp³-hybridized carbons (Fsp3) is 0.500. The molecule has 0 spiro atoms. The minimum Gasteiger partial charge on any atom is -0.349 e. The minimum atomic E-state index is -0.222. The Morgan fingerprint density at radius 1 is 1.37 bits per heavy atom. The summed E-state index contributed by atoms with van der Waals surface area (Å²) in [6, 6.07) is 6.86. The van der Waals surface area contributed by atoms with Crippen LogP contribution in [-0.2, 0) is 0 Å². The summed E-state index contributed by atoms with van der Waals surface area (Å²) in [7, 11) is 0. The second-order valence-electron chi connectivity index (χ2n) is 4.95. The lowest BCUT2D eigenvalue weighted by atomic mass is 10.1. The number of rotatable bonds is 3. The van der Waals surface area contributed by atoms with Gasteiger partial charge in [0.15, 0.2) is 0 Å². The summed E-state index contributed by atoms with van der Waals surface area (Å²) in [6.45, 7) is 1.89. The van der Waals surface area contributed by atoms with Gasteiger partial charge in [0.2, 0.25) is 5.96 Å². The van der Waals surface area contributed by atoms with Crippen LogP contribution in [0.3, 0.4) is 0 Å². The van der Waals surface area contributed by atoms with Crippen molar-refractivity contribution in [1.82, 2.24) is 10.7 Å². The van der Waals surface area contributed by atoms with Gasteiger partial charge >= 0.3 is 0 Å². The van der Waals surface area contributed by atoms with Crippen LogP contribution in [0.15, 0.2) is 29.3 Å². The van der Waals surface area contributed by atoms with Gasteiger partial charge in [0.1, 0.15) is 5.82 Å². The van der Waals surface area contributed by atoms with Gasteiger partial charge in [0.05, 0.1) is 12.1 Å². The Balaban J connectivity index is 2.03. The molecule has 2 rings (SSSR count). The zero-order valence-electron chi connectivity index (χ0n) is 11.2. The van der Waals surface area contributed by atoms with E-state index in [1.54, 1.807) is 12.1 Å². The van der Waals surface area contributed by atoms with Gasteiger partial charge in [-0.25, -0.2) is 15.2 Å². The number of halogens is 1. The highest BCUT2D eigenvalue weighted by Crippen LogP contribution is 2.21. The summed E-state index contributed by atoms with van der Waals surface area (Å²) in [5.41, 5.74) is 3.17. The summed E-state index contributed by atoms with van der Waals surface area (Å²) >= 11 is 0. The lowest BCUT2D eigenvalue weighted by Gasteiger charge is -2.18. The van der Waals surface area contributed by atoms with E-state index in [9.17, 15) is 4.39 Å². The molecular weight excluding hydrogens is 243 g/mol. The zero-order valence-corrected chi connectivity index (χ0v) is 11.2. The van der Waals surface area contributed by atoms with Crippen molar-refractivity contribution in [2.75, 3.05) is 0 Å². The monoisotopic (exact) mass is 264 g/mol. The van der Waals surface area contributed by atoms with Crippen molar-refractivity contribution in [2.45, 2.75) is 44.7 Å². The molecule has 1 aromatic rings. The molecule has 0 bridgehead atoms. The van der Waals surface area contributed by atoms with E-state index in [0.717, 1.165) is 12.8 Å². The quantitative estimate of drug-likeness (QED) is 0.339.